The van der Waals surface area contributed by atoms with E-state index in [1.807, 2.05) is 43.3 Å². The highest BCUT2D eigenvalue weighted by Crippen LogP contribution is 2.34. The predicted molar refractivity (Wildman–Crippen MR) is 147 cm³/mol. The summed E-state index contributed by atoms with van der Waals surface area (Å²) < 4.78 is 40.2. The molecule has 0 saturated heterocycles. The number of halogens is 1. The number of rotatable bonds is 6. The van der Waals surface area contributed by atoms with Crippen molar-refractivity contribution in [3.63, 3.8) is 0 Å². The maximum Gasteiger partial charge on any atom is 0.209 e. The molecule has 0 aliphatic heterocycles. The zero-order valence-electron chi connectivity index (χ0n) is 21.2. The van der Waals surface area contributed by atoms with Gasteiger partial charge in [0, 0.05) is 42.2 Å². The first kappa shape index (κ1) is 24.8. The van der Waals surface area contributed by atoms with Crippen molar-refractivity contribution in [3.05, 3.63) is 101 Å². The van der Waals surface area contributed by atoms with Crippen molar-refractivity contribution in [3.8, 4) is 22.8 Å². The lowest BCUT2D eigenvalue weighted by atomic mass is 9.99. The van der Waals surface area contributed by atoms with E-state index >= 15 is 0 Å². The number of imidazole rings is 1. The second-order valence-electron chi connectivity index (χ2n) is 9.52. The zero-order chi connectivity index (χ0) is 27.1. The molecule has 0 saturated carbocycles. The SMILES string of the molecule is CC1=CC=C(c2cc(F)cc(CNS(C)(=O)=O)c2)c2nc(-c3n[nH]c4ccc(-c5ccncc5)nc34)[nH]c2C1. The number of hydrogen-bond acceptors (Lipinski definition) is 6. The summed E-state index contributed by atoms with van der Waals surface area (Å²) in [6.07, 6.45) is 9.03. The number of hydrogen-bond donors (Lipinski definition) is 3. The van der Waals surface area contributed by atoms with Crippen LogP contribution in [0.3, 0.4) is 0 Å². The highest BCUT2D eigenvalue weighted by Gasteiger charge is 2.22. The van der Waals surface area contributed by atoms with Gasteiger partial charge >= 0.3 is 0 Å². The summed E-state index contributed by atoms with van der Waals surface area (Å²) in [5, 5.41) is 7.54. The van der Waals surface area contributed by atoms with Crippen LogP contribution in [0.25, 0.3) is 39.4 Å². The van der Waals surface area contributed by atoms with E-state index in [9.17, 15) is 12.8 Å². The Morgan fingerprint density at radius 3 is 2.62 bits per heavy atom. The van der Waals surface area contributed by atoms with Gasteiger partial charge in [-0.1, -0.05) is 17.7 Å². The monoisotopic (exact) mass is 541 g/mol. The van der Waals surface area contributed by atoms with Crippen molar-refractivity contribution in [2.45, 2.75) is 19.9 Å². The molecule has 4 aromatic heterocycles. The maximum absolute atomic E-state index is 14.7. The Hall–Kier alpha value is -4.48. The molecule has 39 heavy (non-hydrogen) atoms. The standard InChI is InChI=1S/C28H24FN7O2S/c1-16-3-4-21(19-12-17(13-20(29)14-19)15-31-39(2,37)38)25-24(11-16)33-28(34-25)27-26-23(35-36-27)6-5-22(32-26)18-7-9-30-10-8-18/h3-10,12-14,31H,11,15H2,1-2H3,(H,33,34)(H,35,36). The average molecular weight is 542 g/mol. The molecule has 0 fully saturated rings. The topological polar surface area (TPSA) is 129 Å². The lowest BCUT2D eigenvalue weighted by Gasteiger charge is -2.10. The fourth-order valence-electron chi connectivity index (χ4n) is 4.62. The summed E-state index contributed by atoms with van der Waals surface area (Å²) in [5.74, 6) is 0.0775. The van der Waals surface area contributed by atoms with Gasteiger partial charge in [0.1, 0.15) is 11.3 Å². The van der Waals surface area contributed by atoms with Gasteiger partial charge in [-0.2, -0.15) is 5.10 Å². The third kappa shape index (κ3) is 5.14. The van der Waals surface area contributed by atoms with Crippen LogP contribution >= 0.6 is 0 Å². The molecule has 196 valence electrons. The molecule has 0 bridgehead atoms. The number of benzene rings is 1. The molecular weight excluding hydrogens is 517 g/mol. The molecule has 0 atom stereocenters. The average Bonchev–Trinajstić information content (AvgIpc) is 3.47. The molecule has 0 unspecified atom stereocenters. The first-order valence-corrected chi connectivity index (χ1v) is 14.1. The van der Waals surface area contributed by atoms with Crippen molar-refractivity contribution < 1.29 is 12.8 Å². The highest BCUT2D eigenvalue weighted by molar-refractivity contribution is 7.88. The summed E-state index contributed by atoms with van der Waals surface area (Å²) in [5.41, 5.74) is 8.20. The number of fused-ring (bicyclic) bond motifs is 2. The minimum absolute atomic E-state index is 0.0187. The number of pyridine rings is 2. The number of sulfonamides is 1. The van der Waals surface area contributed by atoms with Crippen LogP contribution in [0.2, 0.25) is 0 Å². The Kier molecular flexibility index (Phi) is 6.16. The van der Waals surface area contributed by atoms with Gasteiger partial charge in [-0.15, -0.1) is 0 Å². The maximum atomic E-state index is 14.7. The van der Waals surface area contributed by atoms with Gasteiger partial charge < -0.3 is 4.98 Å². The Balaban J connectivity index is 1.43. The predicted octanol–water partition coefficient (Wildman–Crippen LogP) is 4.53. The number of H-pyrrole nitrogens is 2. The Bertz CT molecular complexity index is 1890. The lowest BCUT2D eigenvalue weighted by molar-refractivity contribution is 0.586. The molecule has 1 aliphatic rings. The minimum Gasteiger partial charge on any atom is -0.340 e. The molecular formula is C28H24FN7O2S. The van der Waals surface area contributed by atoms with Crippen molar-refractivity contribution in [1.82, 2.24) is 34.9 Å². The van der Waals surface area contributed by atoms with E-state index in [1.165, 1.54) is 12.1 Å². The quantitative estimate of drug-likeness (QED) is 0.290. The number of nitrogens with one attached hydrogen (secondary N) is 3. The normalized spacial score (nSPS) is 13.6. The van der Waals surface area contributed by atoms with Gasteiger partial charge in [0.2, 0.25) is 10.0 Å². The van der Waals surface area contributed by atoms with Crippen molar-refractivity contribution in [1.29, 1.82) is 0 Å². The van der Waals surface area contributed by atoms with Gasteiger partial charge in [-0.3, -0.25) is 10.1 Å². The Labute approximate surface area is 224 Å². The van der Waals surface area contributed by atoms with E-state index < -0.39 is 15.8 Å². The molecule has 5 aromatic rings. The lowest BCUT2D eigenvalue weighted by Crippen LogP contribution is -2.21. The summed E-state index contributed by atoms with van der Waals surface area (Å²) in [6.45, 7) is 2.00. The van der Waals surface area contributed by atoms with Crippen molar-refractivity contribution in [2.75, 3.05) is 6.26 Å². The van der Waals surface area contributed by atoms with Gasteiger partial charge in [0.05, 0.1) is 23.2 Å². The molecule has 4 heterocycles. The third-order valence-corrected chi connectivity index (χ3v) is 7.11. The molecule has 9 nitrogen and oxygen atoms in total. The number of nitrogens with zero attached hydrogens (tertiary/aromatic N) is 4. The number of allylic oxidation sites excluding steroid dienone is 3. The zero-order valence-corrected chi connectivity index (χ0v) is 22.0. The second kappa shape index (κ2) is 9.68. The van der Waals surface area contributed by atoms with E-state index in [0.717, 1.165) is 39.9 Å². The molecule has 3 N–H and O–H groups in total. The van der Waals surface area contributed by atoms with Crippen LogP contribution in [-0.4, -0.2) is 44.8 Å². The molecule has 1 aromatic carbocycles. The van der Waals surface area contributed by atoms with Crippen LogP contribution in [-0.2, 0) is 23.0 Å². The number of aromatic nitrogens is 6. The fraction of sp³-hybridized carbons (Fsp3) is 0.143. The smallest absolute Gasteiger partial charge is 0.209 e. The van der Waals surface area contributed by atoms with Crippen LogP contribution in [0, 0.1) is 5.82 Å². The van der Waals surface area contributed by atoms with Crippen LogP contribution in [0.4, 0.5) is 4.39 Å². The molecule has 6 rings (SSSR count). The first-order valence-electron chi connectivity index (χ1n) is 12.2. The van der Waals surface area contributed by atoms with Crippen LogP contribution in [0.5, 0.6) is 0 Å². The first-order chi connectivity index (χ1) is 18.7. The van der Waals surface area contributed by atoms with E-state index in [2.05, 4.69) is 24.9 Å². The Morgan fingerprint density at radius 2 is 1.82 bits per heavy atom. The highest BCUT2D eigenvalue weighted by atomic mass is 32.2. The summed E-state index contributed by atoms with van der Waals surface area (Å²) >= 11 is 0. The second-order valence-corrected chi connectivity index (χ2v) is 11.4. The van der Waals surface area contributed by atoms with Gasteiger partial charge in [0.25, 0.3) is 0 Å². The fourth-order valence-corrected chi connectivity index (χ4v) is 5.05. The molecule has 0 amide bonds. The van der Waals surface area contributed by atoms with Crippen LogP contribution < -0.4 is 4.72 Å². The third-order valence-electron chi connectivity index (χ3n) is 6.44. The summed E-state index contributed by atoms with van der Waals surface area (Å²) in [4.78, 5) is 17.3. The van der Waals surface area contributed by atoms with Crippen molar-refractivity contribution in [2.24, 2.45) is 0 Å². The molecule has 0 spiro atoms. The number of aromatic amines is 2. The van der Waals surface area contributed by atoms with Crippen LogP contribution in [0.15, 0.2) is 72.6 Å². The van der Waals surface area contributed by atoms with Gasteiger partial charge in [-0.25, -0.2) is 27.5 Å². The van der Waals surface area contributed by atoms with Crippen LogP contribution in [0.1, 0.15) is 29.4 Å². The van der Waals surface area contributed by atoms with Crippen molar-refractivity contribution >= 4 is 26.6 Å². The largest absolute Gasteiger partial charge is 0.340 e. The van der Waals surface area contributed by atoms with Gasteiger partial charge in [0.15, 0.2) is 11.5 Å². The molecule has 11 heteroatoms. The Morgan fingerprint density at radius 1 is 1.00 bits per heavy atom. The summed E-state index contributed by atoms with van der Waals surface area (Å²) in [6, 6.07) is 12.2. The van der Waals surface area contributed by atoms with E-state index in [1.54, 1.807) is 18.5 Å². The molecule has 0 radical (unpaired) electrons. The van der Waals surface area contributed by atoms with E-state index in [-0.39, 0.29) is 6.54 Å². The molecule has 1 aliphatic carbocycles. The summed E-state index contributed by atoms with van der Waals surface area (Å²) in [7, 11) is -3.43. The minimum atomic E-state index is -3.43. The van der Waals surface area contributed by atoms with E-state index in [0.29, 0.717) is 40.3 Å². The van der Waals surface area contributed by atoms with E-state index in [4.69, 9.17) is 9.97 Å². The van der Waals surface area contributed by atoms with Gasteiger partial charge in [-0.05, 0) is 60.5 Å².